The quantitative estimate of drug-likeness (QED) is 0.758. The maximum absolute atomic E-state index is 14.7. The van der Waals surface area contributed by atoms with E-state index in [1.807, 2.05) is 19.9 Å². The lowest BCUT2D eigenvalue weighted by Crippen LogP contribution is -2.55. The van der Waals surface area contributed by atoms with Gasteiger partial charge in [-0.25, -0.2) is 4.39 Å². The van der Waals surface area contributed by atoms with Gasteiger partial charge in [0, 0.05) is 18.4 Å². The number of carbonyl (C=O) groups is 2. The zero-order valence-corrected chi connectivity index (χ0v) is 18.0. The van der Waals surface area contributed by atoms with Crippen LogP contribution in [-0.2, 0) is 11.2 Å². The molecule has 1 aliphatic carbocycles. The first-order chi connectivity index (χ1) is 14.3. The molecular weight excluding hydrogens is 403 g/mol. The Labute approximate surface area is 180 Å². The summed E-state index contributed by atoms with van der Waals surface area (Å²) in [6, 6.07) is 6.26. The van der Waals surface area contributed by atoms with Crippen LogP contribution >= 0.6 is 12.2 Å². The van der Waals surface area contributed by atoms with E-state index in [0.29, 0.717) is 29.3 Å². The number of halogens is 1. The van der Waals surface area contributed by atoms with E-state index in [-0.39, 0.29) is 11.5 Å². The van der Waals surface area contributed by atoms with Gasteiger partial charge in [0.05, 0.1) is 17.4 Å². The predicted octanol–water partition coefficient (Wildman–Crippen LogP) is 3.51. The number of hydrogen-bond acceptors (Lipinski definition) is 4. The van der Waals surface area contributed by atoms with E-state index < -0.39 is 17.3 Å². The summed E-state index contributed by atoms with van der Waals surface area (Å²) in [6.45, 7) is 3.99. The highest BCUT2D eigenvalue weighted by Gasteiger charge is 2.59. The number of nitrogens with zero attached hydrogens (tertiary/aromatic N) is 3. The Morgan fingerprint density at radius 3 is 2.57 bits per heavy atom. The number of amides is 2. The lowest BCUT2D eigenvalue weighted by molar-refractivity contribution is -0.123. The van der Waals surface area contributed by atoms with Gasteiger partial charge in [0.15, 0.2) is 5.11 Å². The largest absolute Gasteiger partial charge is 0.355 e. The smallest absolute Gasteiger partial charge is 0.259 e. The van der Waals surface area contributed by atoms with Crippen LogP contribution in [0.2, 0.25) is 0 Å². The Kier molecular flexibility index (Phi) is 5.05. The summed E-state index contributed by atoms with van der Waals surface area (Å²) >= 11 is 5.71. The van der Waals surface area contributed by atoms with Crippen LogP contribution in [-0.4, -0.2) is 34.5 Å². The molecule has 1 aromatic carbocycles. The monoisotopic (exact) mass is 426 g/mol. The second-order valence-electron chi connectivity index (χ2n) is 7.70. The predicted molar refractivity (Wildman–Crippen MR) is 117 cm³/mol. The van der Waals surface area contributed by atoms with Crippen molar-refractivity contribution >= 4 is 40.5 Å². The second kappa shape index (κ2) is 7.43. The summed E-state index contributed by atoms with van der Waals surface area (Å²) in [5.74, 6) is -1.27. The maximum atomic E-state index is 14.7. The highest BCUT2D eigenvalue weighted by molar-refractivity contribution is 7.81. The summed E-state index contributed by atoms with van der Waals surface area (Å²) in [5.41, 5.74) is 2.19. The number of carbonyl (C=O) groups excluding carboxylic acids is 2. The molecular formula is C22H23FN4O2S. The van der Waals surface area contributed by atoms with Gasteiger partial charge in [0.2, 0.25) is 0 Å². The van der Waals surface area contributed by atoms with E-state index >= 15 is 0 Å². The van der Waals surface area contributed by atoms with Crippen molar-refractivity contribution in [2.24, 2.45) is 0 Å². The number of benzene rings is 1. The molecule has 2 amide bonds. The van der Waals surface area contributed by atoms with E-state index in [1.54, 1.807) is 17.2 Å². The van der Waals surface area contributed by atoms with Crippen LogP contribution in [0.1, 0.15) is 47.8 Å². The zero-order chi connectivity index (χ0) is 21.6. The fraction of sp³-hybridized carbons (Fsp3) is 0.364. The maximum Gasteiger partial charge on any atom is 0.259 e. The normalized spacial score (nSPS) is 17.5. The number of rotatable bonds is 4. The molecule has 1 saturated carbocycles. The minimum Gasteiger partial charge on any atom is -0.355 e. The summed E-state index contributed by atoms with van der Waals surface area (Å²) in [5, 5.41) is 2.72. The summed E-state index contributed by atoms with van der Waals surface area (Å²) in [7, 11) is 1.45. The Morgan fingerprint density at radius 2 is 2.03 bits per heavy atom. The topological polar surface area (TPSA) is 65.5 Å². The molecule has 0 radical (unpaired) electrons. The zero-order valence-electron chi connectivity index (χ0n) is 17.2. The molecule has 6 nitrogen and oxygen atoms in total. The van der Waals surface area contributed by atoms with Gasteiger partial charge in [-0.1, -0.05) is 6.92 Å². The van der Waals surface area contributed by atoms with Gasteiger partial charge in [0.25, 0.3) is 11.8 Å². The first kappa shape index (κ1) is 20.4. The molecule has 1 aromatic heterocycles. The van der Waals surface area contributed by atoms with Gasteiger partial charge in [-0.15, -0.1) is 0 Å². The van der Waals surface area contributed by atoms with E-state index in [0.717, 1.165) is 24.1 Å². The second-order valence-corrected chi connectivity index (χ2v) is 8.06. The van der Waals surface area contributed by atoms with Gasteiger partial charge in [-0.05, 0) is 74.7 Å². The fourth-order valence-electron chi connectivity index (χ4n) is 4.25. The lowest BCUT2D eigenvalue weighted by Gasteiger charge is -2.43. The van der Waals surface area contributed by atoms with Crippen LogP contribution in [0.4, 0.5) is 15.8 Å². The third kappa shape index (κ3) is 2.89. The number of aromatic nitrogens is 1. The number of anilines is 2. The number of pyridine rings is 1. The third-order valence-corrected chi connectivity index (χ3v) is 6.41. The molecule has 0 bridgehead atoms. The first-order valence-corrected chi connectivity index (χ1v) is 10.4. The van der Waals surface area contributed by atoms with E-state index in [2.05, 4.69) is 10.3 Å². The standard InChI is InChI=1S/C22H23FN4O2S/c1-4-18-13(2)10-15(12-25-18)26-20(29)22(8-5-9-22)27(21(26)30)14-6-7-16(17(23)11-14)19(28)24-3/h6-7,10-12H,4-5,8-9H2,1-3H3,(H,24,28). The molecule has 0 atom stereocenters. The van der Waals surface area contributed by atoms with Crippen LogP contribution in [0.15, 0.2) is 30.5 Å². The average molecular weight is 427 g/mol. The number of aryl methyl sites for hydroxylation is 2. The fourth-order valence-corrected chi connectivity index (χ4v) is 4.72. The van der Waals surface area contributed by atoms with Crippen molar-refractivity contribution in [2.45, 2.75) is 45.1 Å². The number of hydrogen-bond donors (Lipinski definition) is 1. The van der Waals surface area contributed by atoms with Crippen LogP contribution < -0.4 is 15.1 Å². The molecule has 2 aromatic rings. The molecule has 2 aliphatic rings. The van der Waals surface area contributed by atoms with E-state index in [1.165, 1.54) is 24.1 Å². The number of thiocarbonyl (C=S) groups is 1. The molecule has 30 heavy (non-hydrogen) atoms. The Balaban J connectivity index is 1.77. The molecule has 1 saturated heterocycles. The molecule has 2 heterocycles. The van der Waals surface area contributed by atoms with E-state index in [4.69, 9.17) is 12.2 Å². The molecule has 0 unspecified atom stereocenters. The highest BCUT2D eigenvalue weighted by Crippen LogP contribution is 2.48. The van der Waals surface area contributed by atoms with Gasteiger partial charge >= 0.3 is 0 Å². The highest BCUT2D eigenvalue weighted by atomic mass is 32.1. The van der Waals surface area contributed by atoms with E-state index in [9.17, 15) is 14.0 Å². The number of nitrogens with one attached hydrogen (secondary N) is 1. The Bertz CT molecular complexity index is 1070. The minimum absolute atomic E-state index is 0.0489. The van der Waals surface area contributed by atoms with Crippen molar-refractivity contribution in [2.75, 3.05) is 16.8 Å². The minimum atomic E-state index is -0.810. The van der Waals surface area contributed by atoms with Crippen molar-refractivity contribution in [3.63, 3.8) is 0 Å². The van der Waals surface area contributed by atoms with Gasteiger partial charge in [-0.3, -0.25) is 19.5 Å². The molecule has 1 spiro atoms. The SMILES string of the molecule is CCc1ncc(N2C(=O)C3(CCC3)N(c3ccc(C(=O)NC)c(F)c3)C2=S)cc1C. The van der Waals surface area contributed by atoms with Crippen molar-refractivity contribution in [3.05, 3.63) is 53.1 Å². The van der Waals surface area contributed by atoms with Gasteiger partial charge < -0.3 is 10.2 Å². The molecule has 1 aliphatic heterocycles. The Hall–Kier alpha value is -2.87. The molecule has 4 rings (SSSR count). The van der Waals surface area contributed by atoms with Crippen LogP contribution in [0, 0.1) is 12.7 Å². The first-order valence-electron chi connectivity index (χ1n) is 10.00. The summed E-state index contributed by atoms with van der Waals surface area (Å²) in [4.78, 5) is 33.1. The van der Waals surface area contributed by atoms with Crippen molar-refractivity contribution in [1.29, 1.82) is 0 Å². The molecule has 8 heteroatoms. The summed E-state index contributed by atoms with van der Waals surface area (Å²) < 4.78 is 14.7. The lowest BCUT2D eigenvalue weighted by atomic mass is 9.75. The molecule has 156 valence electrons. The van der Waals surface area contributed by atoms with Crippen LogP contribution in [0.5, 0.6) is 0 Å². The molecule has 2 fully saturated rings. The Morgan fingerprint density at radius 1 is 1.30 bits per heavy atom. The van der Waals surface area contributed by atoms with Crippen molar-refractivity contribution in [3.8, 4) is 0 Å². The third-order valence-electron chi connectivity index (χ3n) is 6.04. The van der Waals surface area contributed by atoms with Gasteiger partial charge in [0.1, 0.15) is 11.4 Å². The van der Waals surface area contributed by atoms with Crippen LogP contribution in [0.3, 0.4) is 0 Å². The van der Waals surface area contributed by atoms with Crippen molar-refractivity contribution in [1.82, 2.24) is 10.3 Å². The van der Waals surface area contributed by atoms with Gasteiger partial charge in [-0.2, -0.15) is 0 Å². The molecule has 1 N–H and O–H groups in total. The van der Waals surface area contributed by atoms with Crippen molar-refractivity contribution < 1.29 is 14.0 Å². The average Bonchev–Trinajstić information content (AvgIpc) is 2.94. The summed E-state index contributed by atoms with van der Waals surface area (Å²) in [6.07, 6.45) is 4.64. The van der Waals surface area contributed by atoms with Crippen LogP contribution in [0.25, 0.3) is 0 Å².